The first-order chi connectivity index (χ1) is 14.1. The van der Waals surface area contributed by atoms with Crippen molar-refractivity contribution in [3.8, 4) is 5.75 Å². The lowest BCUT2D eigenvalue weighted by atomic mass is 10.1. The summed E-state index contributed by atoms with van der Waals surface area (Å²) < 4.78 is 5.23. The first-order valence-corrected chi connectivity index (χ1v) is 9.01. The molecule has 3 aromatic rings. The average Bonchev–Trinajstić information content (AvgIpc) is 2.74. The molecule has 0 bridgehead atoms. The third kappa shape index (κ3) is 5.29. The van der Waals surface area contributed by atoms with E-state index in [2.05, 4.69) is 15.8 Å². The summed E-state index contributed by atoms with van der Waals surface area (Å²) in [6.45, 7) is 1.93. The number of carbonyl (C=O) groups is 2. The van der Waals surface area contributed by atoms with Crippen LogP contribution in [0.3, 0.4) is 0 Å². The Morgan fingerprint density at radius 3 is 2.38 bits per heavy atom. The highest BCUT2D eigenvalue weighted by Gasteiger charge is 2.08. The molecule has 0 radical (unpaired) electrons. The molecular weight excluding hydrogens is 366 g/mol. The minimum absolute atomic E-state index is 0.202. The first-order valence-electron chi connectivity index (χ1n) is 9.01. The molecule has 0 saturated carbocycles. The second-order valence-electron chi connectivity index (χ2n) is 6.34. The highest BCUT2D eigenvalue weighted by molar-refractivity contribution is 6.04. The summed E-state index contributed by atoms with van der Waals surface area (Å²) in [7, 11) is 1.57. The van der Waals surface area contributed by atoms with Gasteiger partial charge in [-0.2, -0.15) is 5.10 Å². The standard InChI is InChI=1S/C23H21N3O3/c1-16-6-5-8-18(14-16)22(27)25-20-12-10-17(11-13-20)23(28)26-24-15-19-7-3-4-9-21(19)29-2/h3-15H,1-2H3,(H,25,27)(H,26,28)/b24-15+. The highest BCUT2D eigenvalue weighted by Crippen LogP contribution is 2.15. The first kappa shape index (κ1) is 19.8. The van der Waals surface area contributed by atoms with E-state index in [1.54, 1.807) is 37.4 Å². The number of carbonyl (C=O) groups excluding carboxylic acids is 2. The molecular formula is C23H21N3O3. The maximum Gasteiger partial charge on any atom is 0.271 e. The molecule has 0 unspecified atom stereocenters. The van der Waals surface area contributed by atoms with Crippen LogP contribution in [-0.4, -0.2) is 25.1 Å². The number of hydrogen-bond acceptors (Lipinski definition) is 4. The number of nitrogens with one attached hydrogen (secondary N) is 2. The summed E-state index contributed by atoms with van der Waals surface area (Å²) in [5, 5.41) is 6.79. The van der Waals surface area contributed by atoms with Crippen LogP contribution in [0.2, 0.25) is 0 Å². The molecule has 2 N–H and O–H groups in total. The van der Waals surface area contributed by atoms with Crippen LogP contribution in [0.15, 0.2) is 77.9 Å². The van der Waals surface area contributed by atoms with E-state index in [9.17, 15) is 9.59 Å². The average molecular weight is 387 g/mol. The van der Waals surface area contributed by atoms with Crippen LogP contribution in [0.1, 0.15) is 31.8 Å². The van der Waals surface area contributed by atoms with E-state index < -0.39 is 0 Å². The van der Waals surface area contributed by atoms with Gasteiger partial charge < -0.3 is 10.1 Å². The fourth-order valence-corrected chi connectivity index (χ4v) is 2.69. The molecule has 0 aliphatic heterocycles. The molecule has 0 saturated heterocycles. The molecule has 146 valence electrons. The molecule has 0 aromatic heterocycles. The van der Waals surface area contributed by atoms with Crippen molar-refractivity contribution < 1.29 is 14.3 Å². The fourth-order valence-electron chi connectivity index (χ4n) is 2.69. The van der Waals surface area contributed by atoms with Crippen molar-refractivity contribution in [3.05, 3.63) is 95.1 Å². The smallest absolute Gasteiger partial charge is 0.271 e. The predicted octanol–water partition coefficient (Wildman–Crippen LogP) is 4.02. The van der Waals surface area contributed by atoms with E-state index in [1.165, 1.54) is 6.21 Å². The number of amides is 2. The van der Waals surface area contributed by atoms with Gasteiger partial charge in [0.2, 0.25) is 0 Å². The lowest BCUT2D eigenvalue weighted by Crippen LogP contribution is -2.18. The van der Waals surface area contributed by atoms with E-state index in [0.29, 0.717) is 22.6 Å². The Labute approximate surface area is 169 Å². The maximum absolute atomic E-state index is 12.3. The largest absolute Gasteiger partial charge is 0.496 e. The van der Waals surface area contributed by atoms with Gasteiger partial charge >= 0.3 is 0 Å². The molecule has 0 aliphatic rings. The minimum Gasteiger partial charge on any atom is -0.496 e. The maximum atomic E-state index is 12.3. The van der Waals surface area contributed by atoms with Crippen molar-refractivity contribution in [1.82, 2.24) is 5.43 Å². The summed E-state index contributed by atoms with van der Waals surface area (Å²) in [5.41, 5.74) is 5.86. The Kier molecular flexibility index (Phi) is 6.37. The Morgan fingerprint density at radius 2 is 1.66 bits per heavy atom. The van der Waals surface area contributed by atoms with Gasteiger partial charge in [0.1, 0.15) is 5.75 Å². The quantitative estimate of drug-likeness (QED) is 0.495. The van der Waals surface area contributed by atoms with Gasteiger partial charge in [0.05, 0.1) is 13.3 Å². The number of hydrazone groups is 1. The summed E-state index contributed by atoms with van der Waals surface area (Å²) in [5.74, 6) is 0.110. The molecule has 6 heteroatoms. The number of hydrogen-bond donors (Lipinski definition) is 2. The Morgan fingerprint density at radius 1 is 0.897 bits per heavy atom. The molecule has 3 aromatic carbocycles. The molecule has 3 rings (SSSR count). The van der Waals surface area contributed by atoms with E-state index in [-0.39, 0.29) is 11.8 Å². The van der Waals surface area contributed by atoms with Crippen molar-refractivity contribution in [2.75, 3.05) is 12.4 Å². The molecule has 2 amide bonds. The van der Waals surface area contributed by atoms with Gasteiger partial charge in [-0.15, -0.1) is 0 Å². The number of aryl methyl sites for hydroxylation is 1. The summed E-state index contributed by atoms with van der Waals surface area (Å²) in [6, 6.07) is 21.3. The van der Waals surface area contributed by atoms with Gasteiger partial charge in [0, 0.05) is 22.4 Å². The zero-order valence-corrected chi connectivity index (χ0v) is 16.2. The lowest BCUT2D eigenvalue weighted by molar-refractivity contribution is 0.0954. The van der Waals surface area contributed by atoms with Crippen LogP contribution in [0.25, 0.3) is 0 Å². The number of benzene rings is 3. The van der Waals surface area contributed by atoms with Crippen LogP contribution < -0.4 is 15.5 Å². The van der Waals surface area contributed by atoms with E-state index in [0.717, 1.165) is 11.1 Å². The summed E-state index contributed by atoms with van der Waals surface area (Å²) in [4.78, 5) is 24.5. The number of anilines is 1. The number of methoxy groups -OCH3 is 1. The normalized spacial score (nSPS) is 10.6. The zero-order chi connectivity index (χ0) is 20.6. The van der Waals surface area contributed by atoms with Gasteiger partial charge in [0.15, 0.2) is 0 Å². The van der Waals surface area contributed by atoms with Gasteiger partial charge in [-0.25, -0.2) is 5.43 Å². The van der Waals surface area contributed by atoms with Gasteiger partial charge in [-0.1, -0.05) is 29.8 Å². The van der Waals surface area contributed by atoms with Crippen molar-refractivity contribution in [3.63, 3.8) is 0 Å². The molecule has 0 heterocycles. The van der Waals surface area contributed by atoms with Crippen molar-refractivity contribution in [2.45, 2.75) is 6.92 Å². The monoisotopic (exact) mass is 387 g/mol. The predicted molar refractivity (Wildman–Crippen MR) is 114 cm³/mol. The number of rotatable bonds is 6. The van der Waals surface area contributed by atoms with Gasteiger partial charge in [-0.05, 0) is 55.5 Å². The fraction of sp³-hybridized carbons (Fsp3) is 0.0870. The van der Waals surface area contributed by atoms with Crippen LogP contribution in [-0.2, 0) is 0 Å². The number of para-hydroxylation sites is 1. The minimum atomic E-state index is -0.354. The Hall–Kier alpha value is -3.93. The Balaban J connectivity index is 1.60. The van der Waals surface area contributed by atoms with Gasteiger partial charge in [0.25, 0.3) is 11.8 Å². The number of nitrogens with zero attached hydrogens (tertiary/aromatic N) is 1. The second-order valence-corrected chi connectivity index (χ2v) is 6.34. The number of ether oxygens (including phenoxy) is 1. The Bertz CT molecular complexity index is 1040. The topological polar surface area (TPSA) is 79.8 Å². The van der Waals surface area contributed by atoms with Crippen LogP contribution in [0.4, 0.5) is 5.69 Å². The molecule has 6 nitrogen and oxygen atoms in total. The van der Waals surface area contributed by atoms with Crippen LogP contribution in [0, 0.1) is 6.92 Å². The van der Waals surface area contributed by atoms with Crippen molar-refractivity contribution in [1.29, 1.82) is 0 Å². The lowest BCUT2D eigenvalue weighted by Gasteiger charge is -2.07. The van der Waals surface area contributed by atoms with E-state index >= 15 is 0 Å². The van der Waals surface area contributed by atoms with Crippen molar-refractivity contribution in [2.24, 2.45) is 5.10 Å². The SMILES string of the molecule is COc1ccccc1/C=N/NC(=O)c1ccc(NC(=O)c2cccc(C)c2)cc1. The van der Waals surface area contributed by atoms with Crippen LogP contribution in [0.5, 0.6) is 5.75 Å². The van der Waals surface area contributed by atoms with Gasteiger partial charge in [-0.3, -0.25) is 9.59 Å². The van der Waals surface area contributed by atoms with Crippen molar-refractivity contribution >= 4 is 23.7 Å². The molecule has 29 heavy (non-hydrogen) atoms. The third-order valence-electron chi connectivity index (χ3n) is 4.19. The molecule has 0 atom stereocenters. The summed E-state index contributed by atoms with van der Waals surface area (Å²) in [6.07, 6.45) is 1.52. The highest BCUT2D eigenvalue weighted by atomic mass is 16.5. The second kappa shape index (κ2) is 9.32. The molecule has 0 spiro atoms. The van der Waals surface area contributed by atoms with E-state index in [1.807, 2.05) is 49.4 Å². The summed E-state index contributed by atoms with van der Waals surface area (Å²) >= 11 is 0. The molecule has 0 aliphatic carbocycles. The zero-order valence-electron chi connectivity index (χ0n) is 16.2. The third-order valence-corrected chi connectivity index (χ3v) is 4.19. The van der Waals surface area contributed by atoms with E-state index in [4.69, 9.17) is 4.74 Å². The molecule has 0 fully saturated rings. The van der Waals surface area contributed by atoms with Crippen LogP contribution >= 0.6 is 0 Å².